The predicted molar refractivity (Wildman–Crippen MR) is 79.7 cm³/mol. The molecule has 18 heavy (non-hydrogen) atoms. The molecule has 0 aliphatic carbocycles. The van der Waals surface area contributed by atoms with Crippen LogP contribution in [0.15, 0.2) is 0 Å². The van der Waals surface area contributed by atoms with E-state index in [0.717, 1.165) is 13.1 Å². The van der Waals surface area contributed by atoms with Gasteiger partial charge in [-0.05, 0) is 60.5 Å². The van der Waals surface area contributed by atoms with Crippen molar-refractivity contribution >= 4 is 0 Å². The van der Waals surface area contributed by atoms with Crippen molar-refractivity contribution in [2.75, 3.05) is 13.1 Å². The van der Waals surface area contributed by atoms with E-state index in [1.165, 1.54) is 19.3 Å². The molecule has 0 radical (unpaired) electrons. The summed E-state index contributed by atoms with van der Waals surface area (Å²) in [7, 11) is 0. The summed E-state index contributed by atoms with van der Waals surface area (Å²) in [6.07, 6.45) is 3.76. The van der Waals surface area contributed by atoms with Gasteiger partial charge in [0.1, 0.15) is 0 Å². The number of piperidine rings is 1. The first-order valence-electron chi connectivity index (χ1n) is 7.37. The normalized spacial score (nSPS) is 21.8. The van der Waals surface area contributed by atoms with Gasteiger partial charge in [-0.2, -0.15) is 0 Å². The molecule has 1 atom stereocenters. The van der Waals surface area contributed by atoms with Gasteiger partial charge in [-0.3, -0.25) is 4.90 Å². The van der Waals surface area contributed by atoms with Gasteiger partial charge in [0, 0.05) is 11.1 Å². The van der Waals surface area contributed by atoms with Gasteiger partial charge in [-0.1, -0.05) is 20.3 Å². The Bertz CT molecular complexity index is 235. The minimum atomic E-state index is -0.905. The third-order valence-electron chi connectivity index (χ3n) is 4.59. The zero-order chi connectivity index (χ0) is 14.6. The third-order valence-corrected chi connectivity index (χ3v) is 4.59. The maximum Gasteiger partial charge on any atom is 0.0969 e. The molecule has 110 valence electrons. The number of rotatable bonds is 3. The molecule has 1 saturated heterocycles. The summed E-state index contributed by atoms with van der Waals surface area (Å²) in [6, 6.07) is 0. The van der Waals surface area contributed by atoms with Crippen LogP contribution in [0.4, 0.5) is 0 Å². The zero-order valence-corrected chi connectivity index (χ0v) is 13.5. The Labute approximate surface area is 114 Å². The minimum Gasteiger partial charge on any atom is -0.386 e. The van der Waals surface area contributed by atoms with Crippen LogP contribution >= 0.6 is 0 Å². The van der Waals surface area contributed by atoms with Crippen LogP contribution in [0.3, 0.4) is 0 Å². The molecular formula is C15H34N2O. The summed E-state index contributed by atoms with van der Waals surface area (Å²) < 4.78 is 0. The lowest BCUT2D eigenvalue weighted by Crippen LogP contribution is -2.71. The second kappa shape index (κ2) is 6.36. The van der Waals surface area contributed by atoms with Crippen LogP contribution in [-0.2, 0) is 0 Å². The number of nitrogens with zero attached hydrogens (tertiary/aromatic N) is 1. The van der Waals surface area contributed by atoms with Crippen molar-refractivity contribution in [3.8, 4) is 0 Å². The van der Waals surface area contributed by atoms with Crippen LogP contribution in [0.1, 0.15) is 67.7 Å². The van der Waals surface area contributed by atoms with E-state index in [2.05, 4.69) is 18.7 Å². The average Bonchev–Trinajstić information content (AvgIpc) is 2.31. The maximum atomic E-state index is 10.8. The van der Waals surface area contributed by atoms with Crippen LogP contribution in [0.25, 0.3) is 0 Å². The molecule has 1 heterocycles. The van der Waals surface area contributed by atoms with Gasteiger partial charge in [0.25, 0.3) is 0 Å². The SMILES string of the molecule is CC.CC(C)(N)C(C)(O)C(C)(C)N1CCCCC1. The lowest BCUT2D eigenvalue weighted by atomic mass is 9.70. The quantitative estimate of drug-likeness (QED) is 0.818. The molecule has 0 bridgehead atoms. The fraction of sp³-hybridized carbons (Fsp3) is 1.00. The number of hydrogen-bond acceptors (Lipinski definition) is 3. The van der Waals surface area contributed by atoms with Crippen LogP contribution in [0, 0.1) is 0 Å². The van der Waals surface area contributed by atoms with Crippen molar-refractivity contribution in [2.45, 2.75) is 84.4 Å². The van der Waals surface area contributed by atoms with Crippen molar-refractivity contribution in [3.05, 3.63) is 0 Å². The molecule has 3 nitrogen and oxygen atoms in total. The molecule has 1 unspecified atom stereocenters. The van der Waals surface area contributed by atoms with Crippen LogP contribution in [0.5, 0.6) is 0 Å². The highest BCUT2D eigenvalue weighted by Crippen LogP contribution is 2.36. The number of aliphatic hydroxyl groups is 1. The molecule has 3 N–H and O–H groups in total. The minimum absolute atomic E-state index is 0.286. The summed E-state index contributed by atoms with van der Waals surface area (Å²) in [5.74, 6) is 0. The van der Waals surface area contributed by atoms with Gasteiger partial charge in [-0.15, -0.1) is 0 Å². The number of likely N-dealkylation sites (tertiary alicyclic amines) is 1. The molecule has 0 aromatic heterocycles. The Morgan fingerprint density at radius 1 is 0.889 bits per heavy atom. The molecule has 1 aliphatic rings. The summed E-state index contributed by atoms with van der Waals surface area (Å²) in [6.45, 7) is 16.0. The van der Waals surface area contributed by atoms with Gasteiger partial charge in [0.15, 0.2) is 0 Å². The fourth-order valence-corrected chi connectivity index (χ4v) is 2.55. The molecule has 1 fully saturated rings. The lowest BCUT2D eigenvalue weighted by molar-refractivity contribution is -0.127. The molecular weight excluding hydrogens is 224 g/mol. The maximum absolute atomic E-state index is 10.8. The van der Waals surface area contributed by atoms with E-state index in [-0.39, 0.29) is 5.54 Å². The predicted octanol–water partition coefficient (Wildman–Crippen LogP) is 2.77. The first-order chi connectivity index (χ1) is 8.11. The molecule has 3 heteroatoms. The second-order valence-electron chi connectivity index (χ2n) is 6.40. The third kappa shape index (κ3) is 3.46. The topological polar surface area (TPSA) is 49.5 Å². The smallest absolute Gasteiger partial charge is 0.0969 e. The molecule has 1 rings (SSSR count). The van der Waals surface area contributed by atoms with E-state index in [1.54, 1.807) is 0 Å². The highest BCUT2D eigenvalue weighted by atomic mass is 16.3. The van der Waals surface area contributed by atoms with E-state index >= 15 is 0 Å². The van der Waals surface area contributed by atoms with E-state index in [1.807, 2.05) is 34.6 Å². The number of hydrogen-bond donors (Lipinski definition) is 2. The van der Waals surface area contributed by atoms with Crippen LogP contribution in [-0.4, -0.2) is 39.8 Å². The van der Waals surface area contributed by atoms with Gasteiger partial charge in [0.05, 0.1) is 5.60 Å². The monoisotopic (exact) mass is 258 g/mol. The molecule has 0 amide bonds. The van der Waals surface area contributed by atoms with E-state index < -0.39 is 11.1 Å². The number of nitrogens with two attached hydrogens (primary N) is 1. The average molecular weight is 258 g/mol. The van der Waals surface area contributed by atoms with Crippen LogP contribution in [0.2, 0.25) is 0 Å². The van der Waals surface area contributed by atoms with Crippen molar-refractivity contribution in [1.82, 2.24) is 4.90 Å². The zero-order valence-electron chi connectivity index (χ0n) is 13.5. The van der Waals surface area contributed by atoms with Crippen molar-refractivity contribution in [2.24, 2.45) is 5.73 Å². The van der Waals surface area contributed by atoms with Crippen LogP contribution < -0.4 is 5.73 Å². The molecule has 0 saturated carbocycles. The van der Waals surface area contributed by atoms with Gasteiger partial charge in [-0.25, -0.2) is 0 Å². The first kappa shape index (κ1) is 17.9. The molecule has 0 spiro atoms. The Morgan fingerprint density at radius 3 is 1.61 bits per heavy atom. The van der Waals surface area contributed by atoms with Gasteiger partial charge < -0.3 is 10.8 Å². The Hall–Kier alpha value is -0.120. The summed E-state index contributed by atoms with van der Waals surface area (Å²) >= 11 is 0. The molecule has 0 aromatic carbocycles. The summed E-state index contributed by atoms with van der Waals surface area (Å²) in [5.41, 5.74) is 4.33. The Morgan fingerprint density at radius 2 is 1.28 bits per heavy atom. The Balaban J connectivity index is 0.00000137. The summed E-state index contributed by atoms with van der Waals surface area (Å²) in [5, 5.41) is 10.8. The second-order valence-corrected chi connectivity index (χ2v) is 6.40. The first-order valence-corrected chi connectivity index (χ1v) is 7.37. The standard InChI is InChI=1S/C13H28N2O.C2H6/c1-11(2,14)13(5,16)12(3,4)15-9-7-6-8-10-15;1-2/h16H,6-10,14H2,1-5H3;1-2H3. The largest absolute Gasteiger partial charge is 0.386 e. The molecule has 0 aromatic rings. The van der Waals surface area contributed by atoms with Crippen molar-refractivity contribution in [3.63, 3.8) is 0 Å². The highest BCUT2D eigenvalue weighted by molar-refractivity contribution is 5.09. The van der Waals surface area contributed by atoms with E-state index in [9.17, 15) is 5.11 Å². The highest BCUT2D eigenvalue weighted by Gasteiger charge is 2.51. The fourth-order valence-electron chi connectivity index (χ4n) is 2.55. The van der Waals surface area contributed by atoms with Gasteiger partial charge in [0.2, 0.25) is 0 Å². The Kier molecular flexibility index (Phi) is 6.31. The molecule has 1 aliphatic heterocycles. The lowest BCUT2D eigenvalue weighted by Gasteiger charge is -2.54. The van der Waals surface area contributed by atoms with E-state index in [0.29, 0.717) is 0 Å². The van der Waals surface area contributed by atoms with Crippen molar-refractivity contribution in [1.29, 1.82) is 0 Å². The summed E-state index contributed by atoms with van der Waals surface area (Å²) in [4.78, 5) is 2.38. The van der Waals surface area contributed by atoms with E-state index in [4.69, 9.17) is 5.73 Å². The van der Waals surface area contributed by atoms with Gasteiger partial charge >= 0.3 is 0 Å². The van der Waals surface area contributed by atoms with Crippen molar-refractivity contribution < 1.29 is 5.11 Å².